The second-order valence-electron chi connectivity index (χ2n) is 10.2. The number of halogens is 3. The molecule has 1 N–H and O–H groups in total. The fourth-order valence-corrected chi connectivity index (χ4v) is 5.13. The van der Waals surface area contributed by atoms with E-state index in [2.05, 4.69) is 0 Å². The summed E-state index contributed by atoms with van der Waals surface area (Å²) in [6.45, 7) is 1.000. The van der Waals surface area contributed by atoms with Gasteiger partial charge in [0.05, 0.1) is 19.1 Å². The number of benzene rings is 3. The molecule has 2 unspecified atom stereocenters. The van der Waals surface area contributed by atoms with E-state index in [1.165, 1.54) is 18.2 Å². The van der Waals surface area contributed by atoms with Gasteiger partial charge in [-0.15, -0.1) is 0 Å². The molecule has 0 bridgehead atoms. The molecule has 0 saturated heterocycles. The zero-order chi connectivity index (χ0) is 27.1. The van der Waals surface area contributed by atoms with E-state index in [-0.39, 0.29) is 18.0 Å². The van der Waals surface area contributed by atoms with E-state index in [9.17, 15) is 23.1 Å². The zero-order valence-corrected chi connectivity index (χ0v) is 21.3. The smallest absolute Gasteiger partial charge is 0.421 e. The van der Waals surface area contributed by atoms with Gasteiger partial charge in [-0.2, -0.15) is 13.2 Å². The van der Waals surface area contributed by atoms with Crippen molar-refractivity contribution in [2.24, 2.45) is 0 Å². The van der Waals surface area contributed by atoms with E-state index in [4.69, 9.17) is 9.47 Å². The van der Waals surface area contributed by atoms with Gasteiger partial charge in [0.15, 0.2) is 5.60 Å². The number of carbonyl (C=O) groups excluding carboxylic acids is 1. The van der Waals surface area contributed by atoms with Crippen molar-refractivity contribution in [3.63, 3.8) is 0 Å². The van der Waals surface area contributed by atoms with Gasteiger partial charge in [0.1, 0.15) is 17.6 Å². The molecule has 1 aliphatic heterocycles. The molecule has 1 fully saturated rings. The first-order chi connectivity index (χ1) is 18.0. The van der Waals surface area contributed by atoms with Crippen molar-refractivity contribution in [2.45, 2.75) is 55.9 Å². The number of nitrogens with zero attached hydrogens (tertiary/aromatic N) is 1. The largest absolute Gasteiger partial charge is 0.497 e. The highest BCUT2D eigenvalue weighted by Gasteiger charge is 2.54. The van der Waals surface area contributed by atoms with Gasteiger partial charge in [-0.25, -0.2) is 0 Å². The number of rotatable bonds is 6. The van der Waals surface area contributed by atoms with Crippen LogP contribution < -0.4 is 14.4 Å². The van der Waals surface area contributed by atoms with E-state index >= 15 is 0 Å². The Kier molecular flexibility index (Phi) is 6.63. The van der Waals surface area contributed by atoms with Crippen molar-refractivity contribution in [1.29, 1.82) is 0 Å². The van der Waals surface area contributed by atoms with E-state index in [0.717, 1.165) is 12.5 Å². The van der Waals surface area contributed by atoms with Crippen molar-refractivity contribution in [1.82, 2.24) is 0 Å². The van der Waals surface area contributed by atoms with Gasteiger partial charge in [0.2, 0.25) is 5.91 Å². The highest BCUT2D eigenvalue weighted by Crippen LogP contribution is 2.51. The van der Waals surface area contributed by atoms with Crippen molar-refractivity contribution in [3.8, 4) is 11.5 Å². The molecule has 38 heavy (non-hydrogen) atoms. The molecular weight excluding hydrogens is 495 g/mol. The topological polar surface area (TPSA) is 59.0 Å². The summed E-state index contributed by atoms with van der Waals surface area (Å²) in [5.41, 5.74) is -1.87. The predicted molar refractivity (Wildman–Crippen MR) is 138 cm³/mol. The molecule has 3 aromatic rings. The summed E-state index contributed by atoms with van der Waals surface area (Å²) >= 11 is 0. The van der Waals surface area contributed by atoms with Crippen LogP contribution in [-0.4, -0.2) is 36.9 Å². The van der Waals surface area contributed by atoms with E-state index in [1.54, 1.807) is 36.3 Å². The molecule has 1 amide bonds. The summed E-state index contributed by atoms with van der Waals surface area (Å²) in [5, 5.41) is 10.3. The minimum Gasteiger partial charge on any atom is -0.497 e. The van der Waals surface area contributed by atoms with Gasteiger partial charge in [-0.3, -0.25) is 4.79 Å². The van der Waals surface area contributed by atoms with Crippen LogP contribution in [0.3, 0.4) is 0 Å². The summed E-state index contributed by atoms with van der Waals surface area (Å²) < 4.78 is 52.3. The number of fused-ring (bicyclic) bond motifs is 1. The first kappa shape index (κ1) is 26.1. The highest BCUT2D eigenvalue weighted by molar-refractivity contribution is 6.04. The molecule has 1 saturated carbocycles. The summed E-state index contributed by atoms with van der Waals surface area (Å²) in [6.07, 6.45) is -2.96. The van der Waals surface area contributed by atoms with Crippen LogP contribution in [0.1, 0.15) is 42.9 Å². The van der Waals surface area contributed by atoms with Gasteiger partial charge in [-0.05, 0) is 79.6 Å². The molecule has 1 aliphatic carbocycles. The van der Waals surface area contributed by atoms with Crippen LogP contribution in [0.25, 0.3) is 0 Å². The first-order valence-corrected chi connectivity index (χ1v) is 12.7. The SMILES string of the molecule is COc1ccc(OC2CCc3cc(C(C)(O)C(F)(F)F)ccc3N(C(=O)C3(c4ccccc4)CC3)C2)cc1. The number of aliphatic hydroxyl groups is 1. The molecular formula is C30H30F3NO4. The number of amides is 1. The summed E-state index contributed by atoms with van der Waals surface area (Å²) in [5.74, 6) is 1.20. The van der Waals surface area contributed by atoms with E-state index < -0.39 is 23.3 Å². The Morgan fingerprint density at radius 1 is 1.00 bits per heavy atom. The highest BCUT2D eigenvalue weighted by atomic mass is 19.4. The number of aryl methyl sites for hydroxylation is 1. The Bertz CT molecular complexity index is 1300. The summed E-state index contributed by atoms with van der Waals surface area (Å²) in [7, 11) is 1.58. The monoisotopic (exact) mass is 525 g/mol. The lowest BCUT2D eigenvalue weighted by Gasteiger charge is -2.31. The molecule has 0 radical (unpaired) electrons. The zero-order valence-electron chi connectivity index (χ0n) is 21.3. The van der Waals surface area contributed by atoms with Gasteiger partial charge < -0.3 is 19.5 Å². The third-order valence-electron chi connectivity index (χ3n) is 7.70. The quantitative estimate of drug-likeness (QED) is 0.434. The van der Waals surface area contributed by atoms with Crippen LogP contribution in [0.4, 0.5) is 18.9 Å². The van der Waals surface area contributed by atoms with Crippen molar-refractivity contribution in [2.75, 3.05) is 18.6 Å². The lowest BCUT2D eigenvalue weighted by molar-refractivity contribution is -0.258. The van der Waals surface area contributed by atoms with Gasteiger partial charge in [0, 0.05) is 5.69 Å². The number of methoxy groups -OCH3 is 1. The minimum atomic E-state index is -4.84. The fraction of sp³-hybridized carbons (Fsp3) is 0.367. The Morgan fingerprint density at radius 2 is 1.66 bits per heavy atom. The van der Waals surface area contributed by atoms with E-state index in [1.807, 2.05) is 30.3 Å². The lowest BCUT2D eigenvalue weighted by atomic mass is 9.91. The maximum atomic E-state index is 14.1. The standard InChI is InChI=1S/C30H30F3NO4/c1-28(36,30(31,32)33)22-9-15-26-20(18-22)8-10-25(38-24-13-11-23(37-2)12-14-24)19-34(26)27(35)29(16-17-29)21-6-4-3-5-7-21/h3-7,9,11-15,18,25,36H,8,10,16-17,19H2,1-2H3. The normalized spacial score (nSPS) is 20.1. The van der Waals surface area contributed by atoms with Gasteiger partial charge in [-0.1, -0.05) is 42.5 Å². The Morgan fingerprint density at radius 3 is 2.26 bits per heavy atom. The molecule has 0 spiro atoms. The molecule has 3 aromatic carbocycles. The minimum absolute atomic E-state index is 0.0921. The average molecular weight is 526 g/mol. The number of hydrogen-bond donors (Lipinski definition) is 1. The number of anilines is 1. The first-order valence-electron chi connectivity index (χ1n) is 12.7. The molecule has 5 nitrogen and oxygen atoms in total. The van der Waals surface area contributed by atoms with E-state index in [0.29, 0.717) is 48.4 Å². The number of ether oxygens (including phenoxy) is 2. The lowest BCUT2D eigenvalue weighted by Crippen LogP contribution is -2.44. The van der Waals surface area contributed by atoms with Crippen molar-refractivity contribution in [3.05, 3.63) is 89.5 Å². The third kappa shape index (κ3) is 4.73. The summed E-state index contributed by atoms with van der Waals surface area (Å²) in [4.78, 5) is 15.8. The van der Waals surface area contributed by atoms with Crippen molar-refractivity contribution >= 4 is 11.6 Å². The van der Waals surface area contributed by atoms with Gasteiger partial charge >= 0.3 is 6.18 Å². The predicted octanol–water partition coefficient (Wildman–Crippen LogP) is 5.92. The van der Waals surface area contributed by atoms with Crippen LogP contribution in [-0.2, 0) is 22.2 Å². The number of hydrogen-bond acceptors (Lipinski definition) is 4. The van der Waals surface area contributed by atoms with Crippen LogP contribution in [0.5, 0.6) is 11.5 Å². The van der Waals surface area contributed by atoms with Crippen LogP contribution in [0, 0.1) is 0 Å². The third-order valence-corrected chi connectivity index (χ3v) is 7.70. The van der Waals surface area contributed by atoms with Crippen LogP contribution >= 0.6 is 0 Å². The second-order valence-corrected chi connectivity index (χ2v) is 10.2. The Labute approximate surface area is 219 Å². The molecule has 2 atom stereocenters. The Hall–Kier alpha value is -3.52. The van der Waals surface area contributed by atoms with Gasteiger partial charge in [0.25, 0.3) is 0 Å². The Balaban J connectivity index is 1.51. The molecule has 0 aromatic heterocycles. The molecule has 1 heterocycles. The van der Waals surface area contributed by atoms with Crippen molar-refractivity contribution < 1.29 is 32.5 Å². The molecule has 2 aliphatic rings. The fourth-order valence-electron chi connectivity index (χ4n) is 5.13. The maximum Gasteiger partial charge on any atom is 0.421 e. The van der Waals surface area contributed by atoms with Crippen LogP contribution in [0.2, 0.25) is 0 Å². The second kappa shape index (κ2) is 9.66. The number of carbonyl (C=O) groups is 1. The molecule has 200 valence electrons. The average Bonchev–Trinajstić information content (AvgIpc) is 3.73. The number of alkyl halides is 3. The van der Waals surface area contributed by atoms with Crippen LogP contribution in [0.15, 0.2) is 72.8 Å². The summed E-state index contributed by atoms with van der Waals surface area (Å²) in [6, 6.07) is 20.9. The maximum absolute atomic E-state index is 14.1. The molecule has 5 rings (SSSR count). The molecule has 8 heteroatoms.